The number of rotatable bonds is 1. The zero-order valence-corrected chi connectivity index (χ0v) is 14.4. The number of amides is 2. The predicted octanol–water partition coefficient (Wildman–Crippen LogP) is 3.05. The van der Waals surface area contributed by atoms with Crippen LogP contribution in [-0.4, -0.2) is 47.5 Å². The highest BCUT2D eigenvalue weighted by Crippen LogP contribution is 2.27. The third kappa shape index (κ3) is 3.24. The quantitative estimate of drug-likeness (QED) is 0.846. The Kier molecular flexibility index (Phi) is 4.63. The number of urea groups is 1. The van der Waals surface area contributed by atoms with Crippen LogP contribution in [0.1, 0.15) is 43.2 Å². The van der Waals surface area contributed by atoms with Gasteiger partial charge in [-0.3, -0.25) is 4.90 Å². The summed E-state index contributed by atoms with van der Waals surface area (Å²) >= 11 is 0. The monoisotopic (exact) mass is 349 g/mol. The van der Waals surface area contributed by atoms with Crippen LogP contribution in [0.25, 0.3) is 0 Å². The Balaban J connectivity index is 1.44. The molecule has 3 aliphatic heterocycles. The molecule has 2 unspecified atom stereocenters. The minimum atomic E-state index is -0.842. The van der Waals surface area contributed by atoms with Crippen LogP contribution in [0.2, 0.25) is 0 Å². The Labute approximate surface area is 147 Å². The first-order valence-corrected chi connectivity index (χ1v) is 9.39. The van der Waals surface area contributed by atoms with E-state index in [-0.39, 0.29) is 18.6 Å². The van der Waals surface area contributed by atoms with Gasteiger partial charge >= 0.3 is 6.03 Å². The summed E-state index contributed by atoms with van der Waals surface area (Å²) in [4.78, 5) is 16.8. The van der Waals surface area contributed by atoms with Crippen LogP contribution in [0, 0.1) is 11.6 Å². The summed E-state index contributed by atoms with van der Waals surface area (Å²) in [5.74, 6) is -1.66. The van der Waals surface area contributed by atoms with E-state index in [1.807, 2.05) is 0 Å². The van der Waals surface area contributed by atoms with E-state index in [4.69, 9.17) is 0 Å². The van der Waals surface area contributed by atoms with Crippen molar-refractivity contribution in [2.24, 2.45) is 0 Å². The van der Waals surface area contributed by atoms with E-state index in [1.165, 1.54) is 18.9 Å². The standard InChI is InChI=1S/C19H25F2N3O/c20-15-7-6-13-8-11-24(12-14(13)18(15)21)19(25)22-16-4-3-10-23-9-2-1-5-17(16)23/h6-7,16-17H,1-5,8-12H2,(H,22,25). The molecule has 4 nitrogen and oxygen atoms in total. The molecule has 25 heavy (non-hydrogen) atoms. The molecule has 2 atom stereocenters. The van der Waals surface area contributed by atoms with Crippen molar-refractivity contribution in [1.29, 1.82) is 0 Å². The molecule has 1 aromatic rings. The molecule has 0 radical (unpaired) electrons. The normalized spacial score (nSPS) is 26.7. The zero-order valence-electron chi connectivity index (χ0n) is 14.4. The first kappa shape index (κ1) is 16.8. The van der Waals surface area contributed by atoms with Gasteiger partial charge in [-0.15, -0.1) is 0 Å². The second kappa shape index (κ2) is 6.90. The maximum Gasteiger partial charge on any atom is 0.317 e. The number of fused-ring (bicyclic) bond motifs is 2. The highest BCUT2D eigenvalue weighted by molar-refractivity contribution is 5.75. The Morgan fingerprint density at radius 3 is 2.80 bits per heavy atom. The van der Waals surface area contributed by atoms with Crippen LogP contribution in [-0.2, 0) is 13.0 Å². The SMILES string of the molecule is O=C(NC1CCCN2CCCCC12)N1CCc2ccc(F)c(F)c2C1. The topological polar surface area (TPSA) is 35.6 Å². The van der Waals surface area contributed by atoms with Crippen LogP contribution >= 0.6 is 0 Å². The molecule has 3 aliphatic rings. The summed E-state index contributed by atoms with van der Waals surface area (Å²) in [6, 6.07) is 3.25. The van der Waals surface area contributed by atoms with Gasteiger partial charge in [0.05, 0.1) is 6.54 Å². The molecule has 0 saturated carbocycles. The van der Waals surface area contributed by atoms with Gasteiger partial charge in [0.15, 0.2) is 11.6 Å². The highest BCUT2D eigenvalue weighted by atomic mass is 19.2. The maximum atomic E-state index is 14.1. The number of nitrogens with one attached hydrogen (secondary N) is 1. The fourth-order valence-corrected chi connectivity index (χ4v) is 4.61. The molecule has 1 N–H and O–H groups in total. The summed E-state index contributed by atoms with van der Waals surface area (Å²) in [5.41, 5.74) is 1.13. The fraction of sp³-hybridized carbons (Fsp3) is 0.632. The number of nitrogens with zero attached hydrogens (tertiary/aromatic N) is 2. The number of hydrogen-bond acceptors (Lipinski definition) is 2. The third-order valence-corrected chi connectivity index (χ3v) is 5.98. The maximum absolute atomic E-state index is 14.1. The molecular weight excluding hydrogens is 324 g/mol. The molecule has 0 aromatic heterocycles. The number of carbonyl (C=O) groups is 1. The predicted molar refractivity (Wildman–Crippen MR) is 91.2 cm³/mol. The van der Waals surface area contributed by atoms with Crippen molar-refractivity contribution in [3.05, 3.63) is 34.9 Å². The van der Waals surface area contributed by atoms with Gasteiger partial charge in [0.25, 0.3) is 0 Å². The minimum Gasteiger partial charge on any atom is -0.334 e. The van der Waals surface area contributed by atoms with Crippen LogP contribution in [0.5, 0.6) is 0 Å². The third-order valence-electron chi connectivity index (χ3n) is 5.98. The molecule has 0 bridgehead atoms. The van der Waals surface area contributed by atoms with Gasteiger partial charge in [-0.05, 0) is 56.8 Å². The molecule has 0 spiro atoms. The van der Waals surface area contributed by atoms with E-state index in [9.17, 15) is 13.6 Å². The second-order valence-electron chi connectivity index (χ2n) is 7.47. The highest BCUT2D eigenvalue weighted by Gasteiger charge is 2.35. The average molecular weight is 349 g/mol. The van der Waals surface area contributed by atoms with Crippen LogP contribution in [0.4, 0.5) is 13.6 Å². The number of benzene rings is 1. The number of piperidine rings is 2. The Morgan fingerprint density at radius 1 is 1.08 bits per heavy atom. The van der Waals surface area contributed by atoms with Gasteiger partial charge in [-0.2, -0.15) is 0 Å². The summed E-state index contributed by atoms with van der Waals surface area (Å²) in [6.45, 7) is 2.94. The van der Waals surface area contributed by atoms with E-state index < -0.39 is 11.6 Å². The molecule has 1 aromatic carbocycles. The summed E-state index contributed by atoms with van der Waals surface area (Å²) in [5, 5.41) is 3.18. The lowest BCUT2D eigenvalue weighted by molar-refractivity contribution is 0.0770. The molecule has 2 fully saturated rings. The van der Waals surface area contributed by atoms with Crippen molar-refractivity contribution >= 4 is 6.03 Å². The van der Waals surface area contributed by atoms with E-state index in [0.717, 1.165) is 37.9 Å². The second-order valence-corrected chi connectivity index (χ2v) is 7.47. The van der Waals surface area contributed by atoms with Crippen molar-refractivity contribution in [1.82, 2.24) is 15.1 Å². The van der Waals surface area contributed by atoms with E-state index in [2.05, 4.69) is 10.2 Å². The minimum absolute atomic E-state index is 0.145. The van der Waals surface area contributed by atoms with Crippen molar-refractivity contribution in [3.8, 4) is 0 Å². The first-order valence-electron chi connectivity index (χ1n) is 9.39. The van der Waals surface area contributed by atoms with E-state index >= 15 is 0 Å². The smallest absolute Gasteiger partial charge is 0.317 e. The van der Waals surface area contributed by atoms with Gasteiger partial charge < -0.3 is 10.2 Å². The molecule has 2 saturated heterocycles. The van der Waals surface area contributed by atoms with E-state index in [0.29, 0.717) is 24.6 Å². The average Bonchev–Trinajstić information content (AvgIpc) is 2.65. The molecule has 4 rings (SSSR count). The number of hydrogen-bond donors (Lipinski definition) is 1. The van der Waals surface area contributed by atoms with Crippen molar-refractivity contribution < 1.29 is 13.6 Å². The number of halogens is 2. The zero-order chi connectivity index (χ0) is 17.4. The lowest BCUT2D eigenvalue weighted by atomic mass is 9.89. The van der Waals surface area contributed by atoms with Crippen molar-refractivity contribution in [3.63, 3.8) is 0 Å². The van der Waals surface area contributed by atoms with Crippen LogP contribution in [0.3, 0.4) is 0 Å². The lowest BCUT2D eigenvalue weighted by Crippen LogP contribution is -2.58. The van der Waals surface area contributed by atoms with Crippen LogP contribution < -0.4 is 5.32 Å². The van der Waals surface area contributed by atoms with Gasteiger partial charge in [-0.25, -0.2) is 13.6 Å². The fourth-order valence-electron chi connectivity index (χ4n) is 4.61. The van der Waals surface area contributed by atoms with Gasteiger partial charge in [-0.1, -0.05) is 12.5 Å². The molecule has 136 valence electrons. The largest absolute Gasteiger partial charge is 0.334 e. The number of carbonyl (C=O) groups excluding carboxylic acids is 1. The molecule has 3 heterocycles. The Morgan fingerprint density at radius 2 is 1.92 bits per heavy atom. The van der Waals surface area contributed by atoms with Crippen molar-refractivity contribution in [2.75, 3.05) is 19.6 Å². The molecule has 2 amide bonds. The van der Waals surface area contributed by atoms with Gasteiger partial charge in [0.2, 0.25) is 0 Å². The molecule has 6 heteroatoms. The summed E-state index contributed by atoms with van der Waals surface area (Å²) in [7, 11) is 0. The first-order chi connectivity index (χ1) is 12.1. The molecule has 0 aliphatic carbocycles. The summed E-state index contributed by atoms with van der Waals surface area (Å²) in [6.07, 6.45) is 6.26. The van der Waals surface area contributed by atoms with Crippen LogP contribution in [0.15, 0.2) is 12.1 Å². The molecular formula is C19H25F2N3O. The summed E-state index contributed by atoms with van der Waals surface area (Å²) < 4.78 is 27.6. The lowest BCUT2D eigenvalue weighted by Gasteiger charge is -2.45. The van der Waals surface area contributed by atoms with Gasteiger partial charge in [0, 0.05) is 24.2 Å². The van der Waals surface area contributed by atoms with Crippen molar-refractivity contribution in [2.45, 2.75) is 57.2 Å². The Bertz CT molecular complexity index is 664. The van der Waals surface area contributed by atoms with E-state index in [1.54, 1.807) is 11.0 Å². The van der Waals surface area contributed by atoms with Gasteiger partial charge in [0.1, 0.15) is 0 Å². The Hall–Kier alpha value is -1.69.